The van der Waals surface area contributed by atoms with Crippen molar-refractivity contribution in [3.05, 3.63) is 34.9 Å². The molecule has 18 heavy (non-hydrogen) atoms. The first-order valence-corrected chi connectivity index (χ1v) is 7.16. The monoisotopic (exact) mass is 265 g/mol. The molecule has 0 saturated carbocycles. The topological polar surface area (TPSA) is 23.5 Å². The van der Waals surface area contributed by atoms with Gasteiger partial charge in [-0.25, -0.2) is 0 Å². The molecule has 2 aliphatic rings. The summed E-state index contributed by atoms with van der Waals surface area (Å²) in [5.41, 5.74) is 1.34. The Hall–Kier alpha value is -0.570. The third-order valence-electron chi connectivity index (χ3n) is 4.94. The molecule has 3 rings (SSSR count). The zero-order chi connectivity index (χ0) is 12.7. The summed E-state index contributed by atoms with van der Waals surface area (Å²) in [5.74, 6) is 0.857. The highest BCUT2D eigenvalue weighted by Gasteiger charge is 2.45. The van der Waals surface area contributed by atoms with Gasteiger partial charge in [-0.2, -0.15) is 0 Å². The molecular formula is C15H20ClNO. The van der Waals surface area contributed by atoms with Crippen molar-refractivity contribution in [2.45, 2.75) is 37.3 Å². The zero-order valence-corrected chi connectivity index (χ0v) is 11.5. The Labute approximate surface area is 114 Å². The molecule has 4 atom stereocenters. The number of halogens is 1. The number of rotatable bonds is 2. The van der Waals surface area contributed by atoms with Crippen LogP contribution in [0.2, 0.25) is 5.02 Å². The summed E-state index contributed by atoms with van der Waals surface area (Å²) < 4.78 is 0. The van der Waals surface area contributed by atoms with E-state index in [1.54, 1.807) is 0 Å². The lowest BCUT2D eigenvalue weighted by atomic mass is 9.76. The fourth-order valence-corrected chi connectivity index (χ4v) is 4.05. The van der Waals surface area contributed by atoms with Crippen LogP contribution < -0.4 is 0 Å². The number of aliphatic hydroxyl groups excluding tert-OH is 1. The normalized spacial score (nSPS) is 35.9. The molecule has 0 aliphatic carbocycles. The average molecular weight is 266 g/mol. The SMILES string of the molecule is CN1C2CC[C@@H]1[C@H](CO)[C@@H](c1ccc(Cl)cc1)C2. The first kappa shape index (κ1) is 12.5. The van der Waals surface area contributed by atoms with E-state index in [0.717, 1.165) is 5.02 Å². The Morgan fingerprint density at radius 2 is 2.00 bits per heavy atom. The van der Waals surface area contributed by atoms with Crippen molar-refractivity contribution in [2.24, 2.45) is 5.92 Å². The summed E-state index contributed by atoms with van der Waals surface area (Å²) in [4.78, 5) is 2.48. The number of fused-ring (bicyclic) bond motifs is 2. The molecule has 0 aromatic heterocycles. The fourth-order valence-electron chi connectivity index (χ4n) is 3.92. The molecule has 3 heteroatoms. The molecule has 2 bridgehead atoms. The second-order valence-corrected chi connectivity index (χ2v) is 6.14. The first-order valence-electron chi connectivity index (χ1n) is 6.79. The zero-order valence-electron chi connectivity index (χ0n) is 10.7. The van der Waals surface area contributed by atoms with E-state index in [1.807, 2.05) is 12.1 Å². The van der Waals surface area contributed by atoms with E-state index in [9.17, 15) is 5.11 Å². The van der Waals surface area contributed by atoms with Gasteiger partial charge in [-0.15, -0.1) is 0 Å². The number of benzene rings is 1. The maximum absolute atomic E-state index is 9.76. The third kappa shape index (κ3) is 1.97. The molecule has 1 unspecified atom stereocenters. The lowest BCUT2D eigenvalue weighted by Gasteiger charge is -2.42. The number of hydrogen-bond acceptors (Lipinski definition) is 2. The summed E-state index contributed by atoms with van der Waals surface area (Å²) in [7, 11) is 2.21. The molecular weight excluding hydrogens is 246 g/mol. The minimum absolute atomic E-state index is 0.287. The molecule has 1 N–H and O–H groups in total. The van der Waals surface area contributed by atoms with Crippen LogP contribution in [-0.4, -0.2) is 35.7 Å². The molecule has 1 aromatic rings. The number of piperidine rings is 1. The van der Waals surface area contributed by atoms with Crippen LogP contribution in [-0.2, 0) is 0 Å². The second kappa shape index (κ2) is 4.84. The van der Waals surface area contributed by atoms with Gasteiger partial charge in [0.05, 0.1) is 0 Å². The lowest BCUT2D eigenvalue weighted by Crippen LogP contribution is -2.47. The van der Waals surface area contributed by atoms with Crippen molar-refractivity contribution >= 4 is 11.6 Å². The number of nitrogens with zero attached hydrogens (tertiary/aromatic N) is 1. The van der Waals surface area contributed by atoms with E-state index in [0.29, 0.717) is 23.9 Å². The van der Waals surface area contributed by atoms with Crippen molar-refractivity contribution in [1.29, 1.82) is 0 Å². The van der Waals surface area contributed by atoms with Crippen molar-refractivity contribution < 1.29 is 5.11 Å². The Morgan fingerprint density at radius 1 is 1.28 bits per heavy atom. The van der Waals surface area contributed by atoms with Gasteiger partial charge in [-0.05, 0) is 49.9 Å². The maximum Gasteiger partial charge on any atom is 0.0480 e. The highest BCUT2D eigenvalue weighted by atomic mass is 35.5. The Bertz CT molecular complexity index is 419. The van der Waals surface area contributed by atoms with Gasteiger partial charge in [0.25, 0.3) is 0 Å². The third-order valence-corrected chi connectivity index (χ3v) is 5.19. The highest BCUT2D eigenvalue weighted by molar-refractivity contribution is 6.30. The molecule has 0 spiro atoms. The van der Waals surface area contributed by atoms with Crippen LogP contribution in [0.25, 0.3) is 0 Å². The molecule has 2 nitrogen and oxygen atoms in total. The quantitative estimate of drug-likeness (QED) is 0.889. The molecule has 1 aromatic carbocycles. The molecule has 2 aliphatic heterocycles. The smallest absolute Gasteiger partial charge is 0.0480 e. The van der Waals surface area contributed by atoms with Gasteiger partial charge in [0.2, 0.25) is 0 Å². The van der Waals surface area contributed by atoms with Gasteiger partial charge in [-0.1, -0.05) is 23.7 Å². The van der Waals surface area contributed by atoms with Crippen LogP contribution in [0.15, 0.2) is 24.3 Å². The largest absolute Gasteiger partial charge is 0.396 e. The van der Waals surface area contributed by atoms with Crippen molar-refractivity contribution in [3.63, 3.8) is 0 Å². The summed E-state index contributed by atoms with van der Waals surface area (Å²) in [6.45, 7) is 0.287. The van der Waals surface area contributed by atoms with Crippen LogP contribution in [0.3, 0.4) is 0 Å². The van der Waals surface area contributed by atoms with Crippen LogP contribution in [0.5, 0.6) is 0 Å². The van der Waals surface area contributed by atoms with Crippen molar-refractivity contribution in [2.75, 3.05) is 13.7 Å². The second-order valence-electron chi connectivity index (χ2n) is 5.70. The van der Waals surface area contributed by atoms with Crippen molar-refractivity contribution in [3.8, 4) is 0 Å². The van der Waals surface area contributed by atoms with Crippen LogP contribution in [0.4, 0.5) is 0 Å². The van der Waals surface area contributed by atoms with Gasteiger partial charge in [0.1, 0.15) is 0 Å². The van der Waals surface area contributed by atoms with Crippen LogP contribution in [0, 0.1) is 5.92 Å². The van der Waals surface area contributed by atoms with Gasteiger partial charge in [-0.3, -0.25) is 0 Å². The summed E-state index contributed by atoms with van der Waals surface area (Å²) in [5, 5.41) is 10.5. The number of hydrogen-bond donors (Lipinski definition) is 1. The Kier molecular flexibility index (Phi) is 3.35. The van der Waals surface area contributed by atoms with E-state index in [1.165, 1.54) is 24.8 Å². The van der Waals surface area contributed by atoms with Crippen LogP contribution >= 0.6 is 11.6 Å². The minimum Gasteiger partial charge on any atom is -0.396 e. The summed E-state index contributed by atoms with van der Waals surface area (Å²) >= 11 is 5.96. The summed E-state index contributed by atoms with van der Waals surface area (Å²) in [6.07, 6.45) is 3.68. The van der Waals surface area contributed by atoms with Crippen LogP contribution in [0.1, 0.15) is 30.7 Å². The van der Waals surface area contributed by atoms with E-state index in [2.05, 4.69) is 24.1 Å². The lowest BCUT2D eigenvalue weighted by molar-refractivity contribution is 0.0592. The highest BCUT2D eigenvalue weighted by Crippen LogP contribution is 2.45. The average Bonchev–Trinajstić information content (AvgIpc) is 2.63. The predicted molar refractivity (Wildman–Crippen MR) is 74.0 cm³/mol. The standard InChI is InChI=1S/C15H20ClNO/c1-17-12-6-7-15(17)14(9-18)13(8-12)10-2-4-11(16)5-3-10/h2-5,12-15,18H,6-9H2,1H3/t12?,13-,14-,15-/m1/s1. The number of aliphatic hydroxyl groups is 1. The van der Waals surface area contributed by atoms with Gasteiger partial charge in [0.15, 0.2) is 0 Å². The van der Waals surface area contributed by atoms with Crippen molar-refractivity contribution in [1.82, 2.24) is 4.90 Å². The van der Waals surface area contributed by atoms with E-state index in [-0.39, 0.29) is 6.61 Å². The predicted octanol–water partition coefficient (Wildman–Crippen LogP) is 2.90. The van der Waals surface area contributed by atoms with Gasteiger partial charge < -0.3 is 10.0 Å². The molecule has 0 radical (unpaired) electrons. The fraction of sp³-hybridized carbons (Fsp3) is 0.600. The van der Waals surface area contributed by atoms with Gasteiger partial charge in [0, 0.05) is 29.6 Å². The minimum atomic E-state index is 0.287. The molecule has 98 valence electrons. The first-order chi connectivity index (χ1) is 8.70. The molecule has 0 amide bonds. The maximum atomic E-state index is 9.76. The molecule has 2 fully saturated rings. The summed E-state index contributed by atoms with van der Waals surface area (Å²) in [6, 6.07) is 9.42. The molecule has 2 saturated heterocycles. The van der Waals surface area contributed by atoms with E-state index >= 15 is 0 Å². The van der Waals surface area contributed by atoms with E-state index in [4.69, 9.17) is 11.6 Å². The van der Waals surface area contributed by atoms with E-state index < -0.39 is 0 Å². The molecule has 2 heterocycles. The van der Waals surface area contributed by atoms with Gasteiger partial charge >= 0.3 is 0 Å². The Morgan fingerprint density at radius 3 is 2.67 bits per heavy atom. The Balaban J connectivity index is 1.89.